The average molecular weight is 379 g/mol. The third-order valence-electron chi connectivity index (χ3n) is 4.44. The third kappa shape index (κ3) is 4.57. The van der Waals surface area contributed by atoms with Crippen LogP contribution in [0.2, 0.25) is 0 Å². The zero-order valence-corrected chi connectivity index (χ0v) is 16.2. The number of carbonyl (C=O) groups is 1. The first kappa shape index (κ1) is 20.7. The lowest BCUT2D eigenvalue weighted by atomic mass is 9.96. The second-order valence-electron chi connectivity index (χ2n) is 6.85. The zero-order chi connectivity index (χ0) is 20.1. The fraction of sp³-hybridized carbons (Fsp3) is 0.474. The van der Waals surface area contributed by atoms with Gasteiger partial charge in [-0.25, -0.2) is 4.39 Å². The maximum Gasteiger partial charge on any atom is 0.259 e. The maximum absolute atomic E-state index is 13.7. The van der Waals surface area contributed by atoms with Gasteiger partial charge in [-0.15, -0.1) is 0 Å². The summed E-state index contributed by atoms with van der Waals surface area (Å²) in [6, 6.07) is 4.20. The van der Waals surface area contributed by atoms with Gasteiger partial charge < -0.3 is 24.6 Å². The number of amides is 1. The molecule has 0 aliphatic rings. The van der Waals surface area contributed by atoms with Crippen molar-refractivity contribution in [3.63, 3.8) is 0 Å². The molecule has 0 saturated carbocycles. The number of anilines is 1. The molecule has 0 radical (unpaired) electrons. The first-order chi connectivity index (χ1) is 12.8. The molecule has 0 aliphatic carbocycles. The smallest absolute Gasteiger partial charge is 0.259 e. The molecule has 0 fully saturated rings. The van der Waals surface area contributed by atoms with E-state index in [0.717, 1.165) is 0 Å². The highest BCUT2D eigenvalue weighted by Crippen LogP contribution is 2.33. The van der Waals surface area contributed by atoms with Gasteiger partial charge >= 0.3 is 0 Å². The van der Waals surface area contributed by atoms with Crippen LogP contribution in [0, 0.1) is 17.7 Å². The molecule has 1 aromatic carbocycles. The fourth-order valence-corrected chi connectivity index (χ4v) is 2.61. The van der Waals surface area contributed by atoms with Gasteiger partial charge in [0.15, 0.2) is 23.1 Å². The zero-order valence-electron chi connectivity index (χ0n) is 16.2. The van der Waals surface area contributed by atoms with E-state index >= 15 is 0 Å². The molecule has 2 rings (SSSR count). The predicted octanol–water partition coefficient (Wildman–Crippen LogP) is 2.55. The lowest BCUT2D eigenvalue weighted by Gasteiger charge is -2.19. The lowest BCUT2D eigenvalue weighted by Crippen LogP contribution is -2.34. The quantitative estimate of drug-likeness (QED) is 0.733. The SMILES string of the molecule is COc1cc(-c2onc(N(C)C)c2C(=O)NCC(CO)C(C)C)ccc1F. The predicted molar refractivity (Wildman–Crippen MR) is 101 cm³/mol. The minimum absolute atomic E-state index is 0.0237. The molecule has 1 atom stereocenters. The number of ether oxygens (including phenoxy) is 1. The first-order valence-corrected chi connectivity index (χ1v) is 8.70. The molecule has 7 nitrogen and oxygen atoms in total. The number of nitrogens with zero attached hydrogens (tertiary/aromatic N) is 2. The third-order valence-corrected chi connectivity index (χ3v) is 4.44. The monoisotopic (exact) mass is 379 g/mol. The normalized spacial score (nSPS) is 12.1. The van der Waals surface area contributed by atoms with Crippen molar-refractivity contribution in [2.24, 2.45) is 11.8 Å². The first-order valence-electron chi connectivity index (χ1n) is 8.70. The van der Waals surface area contributed by atoms with E-state index in [-0.39, 0.29) is 41.4 Å². The Morgan fingerprint density at radius 1 is 1.41 bits per heavy atom. The van der Waals surface area contributed by atoms with Crippen molar-refractivity contribution in [1.82, 2.24) is 10.5 Å². The molecule has 1 amide bonds. The van der Waals surface area contributed by atoms with Crippen LogP contribution in [-0.2, 0) is 0 Å². The van der Waals surface area contributed by atoms with E-state index < -0.39 is 5.82 Å². The van der Waals surface area contributed by atoms with Crippen molar-refractivity contribution in [2.75, 3.05) is 39.3 Å². The van der Waals surface area contributed by atoms with Crippen molar-refractivity contribution >= 4 is 11.7 Å². The number of rotatable bonds is 8. The summed E-state index contributed by atoms with van der Waals surface area (Å²) in [4.78, 5) is 14.5. The number of benzene rings is 1. The Balaban J connectivity index is 2.40. The Hall–Kier alpha value is -2.61. The van der Waals surface area contributed by atoms with Crippen LogP contribution in [0.15, 0.2) is 22.7 Å². The molecule has 0 aliphatic heterocycles. The van der Waals surface area contributed by atoms with Crippen molar-refractivity contribution in [3.8, 4) is 17.1 Å². The summed E-state index contributed by atoms with van der Waals surface area (Å²) in [5.74, 6) is -0.116. The van der Waals surface area contributed by atoms with Crippen LogP contribution in [0.1, 0.15) is 24.2 Å². The minimum atomic E-state index is -0.512. The van der Waals surface area contributed by atoms with Crippen LogP contribution in [0.25, 0.3) is 11.3 Å². The van der Waals surface area contributed by atoms with Crippen LogP contribution >= 0.6 is 0 Å². The van der Waals surface area contributed by atoms with Gasteiger partial charge in [-0.05, 0) is 24.1 Å². The highest BCUT2D eigenvalue weighted by Gasteiger charge is 2.27. The summed E-state index contributed by atoms with van der Waals surface area (Å²) in [5.41, 5.74) is 0.718. The Morgan fingerprint density at radius 2 is 2.11 bits per heavy atom. The minimum Gasteiger partial charge on any atom is -0.494 e. The van der Waals surface area contributed by atoms with Crippen molar-refractivity contribution < 1.29 is 23.6 Å². The Bertz CT molecular complexity index is 789. The number of halogens is 1. The van der Waals surface area contributed by atoms with Crippen LogP contribution in [-0.4, -0.2) is 50.5 Å². The fourth-order valence-electron chi connectivity index (χ4n) is 2.61. The highest BCUT2D eigenvalue weighted by molar-refractivity contribution is 6.04. The average Bonchev–Trinajstić information content (AvgIpc) is 3.07. The molecule has 0 spiro atoms. The standard InChI is InChI=1S/C19H26FN3O4/c1-11(2)13(10-24)9-21-19(25)16-17(27-22-18(16)23(3)4)12-6-7-14(20)15(8-12)26-5/h6-8,11,13,24H,9-10H2,1-5H3,(H,21,25). The number of aliphatic hydroxyl groups is 1. The van der Waals surface area contributed by atoms with E-state index in [2.05, 4.69) is 10.5 Å². The molecule has 2 aromatic rings. The molecular weight excluding hydrogens is 353 g/mol. The van der Waals surface area contributed by atoms with Gasteiger partial charge in [0.05, 0.1) is 7.11 Å². The van der Waals surface area contributed by atoms with Crippen molar-refractivity contribution in [2.45, 2.75) is 13.8 Å². The van der Waals surface area contributed by atoms with Gasteiger partial charge in [0.2, 0.25) is 0 Å². The van der Waals surface area contributed by atoms with Crippen LogP contribution in [0.3, 0.4) is 0 Å². The van der Waals surface area contributed by atoms with E-state index in [1.807, 2.05) is 13.8 Å². The number of hydrogen-bond donors (Lipinski definition) is 2. The highest BCUT2D eigenvalue weighted by atomic mass is 19.1. The molecule has 1 heterocycles. The summed E-state index contributed by atoms with van der Waals surface area (Å²) in [7, 11) is 4.85. The second kappa shape index (κ2) is 8.85. The molecule has 2 N–H and O–H groups in total. The number of aromatic nitrogens is 1. The molecule has 0 bridgehead atoms. The largest absolute Gasteiger partial charge is 0.494 e. The van der Waals surface area contributed by atoms with Gasteiger partial charge in [-0.2, -0.15) is 0 Å². The maximum atomic E-state index is 13.7. The van der Waals surface area contributed by atoms with E-state index in [1.165, 1.54) is 25.3 Å². The van der Waals surface area contributed by atoms with Crippen molar-refractivity contribution in [3.05, 3.63) is 29.6 Å². The van der Waals surface area contributed by atoms with Gasteiger partial charge in [-0.3, -0.25) is 4.79 Å². The van der Waals surface area contributed by atoms with Gasteiger partial charge in [0, 0.05) is 38.7 Å². The van der Waals surface area contributed by atoms with Crippen LogP contribution in [0.4, 0.5) is 10.2 Å². The molecule has 8 heteroatoms. The summed E-state index contributed by atoms with van der Waals surface area (Å²) in [6.45, 7) is 4.25. The van der Waals surface area contributed by atoms with Gasteiger partial charge in [-0.1, -0.05) is 19.0 Å². The molecule has 148 valence electrons. The van der Waals surface area contributed by atoms with E-state index in [9.17, 15) is 14.3 Å². The molecule has 1 unspecified atom stereocenters. The number of carbonyl (C=O) groups excluding carboxylic acids is 1. The molecular formula is C19H26FN3O4. The van der Waals surface area contributed by atoms with E-state index in [4.69, 9.17) is 9.26 Å². The van der Waals surface area contributed by atoms with Crippen molar-refractivity contribution in [1.29, 1.82) is 0 Å². The molecule has 27 heavy (non-hydrogen) atoms. The number of hydrogen-bond acceptors (Lipinski definition) is 6. The van der Waals surface area contributed by atoms with Crippen LogP contribution in [0.5, 0.6) is 5.75 Å². The van der Waals surface area contributed by atoms with Gasteiger partial charge in [0.1, 0.15) is 5.56 Å². The Kier molecular flexibility index (Phi) is 6.79. The second-order valence-corrected chi connectivity index (χ2v) is 6.85. The summed E-state index contributed by atoms with van der Waals surface area (Å²) in [5, 5.41) is 16.3. The summed E-state index contributed by atoms with van der Waals surface area (Å²) in [6.07, 6.45) is 0. The lowest BCUT2D eigenvalue weighted by molar-refractivity contribution is 0.0932. The topological polar surface area (TPSA) is 87.8 Å². The molecule has 0 saturated heterocycles. The Morgan fingerprint density at radius 3 is 2.67 bits per heavy atom. The van der Waals surface area contributed by atoms with E-state index in [0.29, 0.717) is 17.9 Å². The summed E-state index contributed by atoms with van der Waals surface area (Å²) < 4.78 is 24.1. The number of methoxy groups -OCH3 is 1. The number of aliphatic hydroxyl groups excluding tert-OH is 1. The molecule has 1 aromatic heterocycles. The number of nitrogens with one attached hydrogen (secondary N) is 1. The van der Waals surface area contributed by atoms with Crippen LogP contribution < -0.4 is 15.0 Å². The Labute approximate surface area is 158 Å². The van der Waals surface area contributed by atoms with E-state index in [1.54, 1.807) is 19.0 Å². The van der Waals surface area contributed by atoms with Gasteiger partial charge in [0.25, 0.3) is 5.91 Å². The summed E-state index contributed by atoms with van der Waals surface area (Å²) >= 11 is 0.